The van der Waals surface area contributed by atoms with Gasteiger partial charge in [0.2, 0.25) is 0 Å². The Bertz CT molecular complexity index is 383. The SMILES string of the molecule is CC(Cn1cccn1)NC1=NCC(C)(C)CS1. The van der Waals surface area contributed by atoms with Gasteiger partial charge in [0.1, 0.15) is 0 Å². The van der Waals surface area contributed by atoms with Crippen LogP contribution in [0.15, 0.2) is 23.5 Å². The van der Waals surface area contributed by atoms with Crippen molar-refractivity contribution in [3.05, 3.63) is 18.5 Å². The predicted molar refractivity (Wildman–Crippen MR) is 73.4 cm³/mol. The normalized spacial score (nSPS) is 20.8. The quantitative estimate of drug-likeness (QED) is 0.894. The summed E-state index contributed by atoms with van der Waals surface area (Å²) < 4.78 is 1.94. The molecule has 5 heteroatoms. The molecular weight excluding hydrogens is 232 g/mol. The summed E-state index contributed by atoms with van der Waals surface area (Å²) in [4.78, 5) is 4.59. The van der Waals surface area contributed by atoms with Gasteiger partial charge in [-0.05, 0) is 18.4 Å². The van der Waals surface area contributed by atoms with Crippen LogP contribution in [-0.2, 0) is 6.54 Å². The highest BCUT2D eigenvalue weighted by Gasteiger charge is 2.23. The summed E-state index contributed by atoms with van der Waals surface area (Å²) in [7, 11) is 0. The van der Waals surface area contributed by atoms with Crippen LogP contribution >= 0.6 is 11.8 Å². The van der Waals surface area contributed by atoms with E-state index in [1.165, 1.54) is 0 Å². The lowest BCUT2D eigenvalue weighted by Crippen LogP contribution is -2.38. The van der Waals surface area contributed by atoms with Gasteiger partial charge in [-0.1, -0.05) is 25.6 Å². The molecule has 2 rings (SSSR count). The van der Waals surface area contributed by atoms with Crippen LogP contribution in [0.1, 0.15) is 20.8 Å². The van der Waals surface area contributed by atoms with Crippen LogP contribution in [0.25, 0.3) is 0 Å². The molecule has 1 aliphatic rings. The van der Waals surface area contributed by atoms with E-state index in [1.807, 2.05) is 34.9 Å². The van der Waals surface area contributed by atoms with Gasteiger partial charge in [0.15, 0.2) is 5.17 Å². The molecule has 17 heavy (non-hydrogen) atoms. The third kappa shape index (κ3) is 3.77. The predicted octanol–water partition coefficient (Wildman–Crippen LogP) is 1.99. The summed E-state index contributed by atoms with van der Waals surface area (Å²) >= 11 is 1.82. The van der Waals surface area contributed by atoms with Crippen LogP contribution in [0, 0.1) is 5.41 Å². The standard InChI is InChI=1S/C12H20N4S/c1-10(7-16-6-4-5-14-16)15-11-13-8-12(2,3)9-17-11/h4-6,10H,7-9H2,1-3H3,(H,13,15). The second-order valence-electron chi connectivity index (χ2n) is 5.35. The third-order valence-corrected chi connectivity index (χ3v) is 4.09. The number of hydrogen-bond donors (Lipinski definition) is 1. The number of aliphatic imine (C=N–C) groups is 1. The van der Waals surface area contributed by atoms with Gasteiger partial charge in [0.05, 0.1) is 6.54 Å². The molecule has 0 saturated carbocycles. The van der Waals surface area contributed by atoms with Crippen molar-refractivity contribution in [2.24, 2.45) is 10.4 Å². The van der Waals surface area contributed by atoms with E-state index in [1.54, 1.807) is 0 Å². The fourth-order valence-corrected chi connectivity index (χ4v) is 2.73. The maximum Gasteiger partial charge on any atom is 0.156 e. The molecule has 1 N–H and O–H groups in total. The van der Waals surface area contributed by atoms with Gasteiger partial charge in [0, 0.05) is 30.7 Å². The smallest absolute Gasteiger partial charge is 0.156 e. The largest absolute Gasteiger partial charge is 0.361 e. The van der Waals surface area contributed by atoms with Crippen LogP contribution in [0.2, 0.25) is 0 Å². The lowest BCUT2D eigenvalue weighted by molar-refractivity contribution is 0.434. The van der Waals surface area contributed by atoms with Crippen LogP contribution < -0.4 is 5.32 Å². The molecule has 0 bridgehead atoms. The molecule has 0 amide bonds. The fraction of sp³-hybridized carbons (Fsp3) is 0.667. The summed E-state index contributed by atoms with van der Waals surface area (Å²) in [6, 6.07) is 2.30. The summed E-state index contributed by atoms with van der Waals surface area (Å²) in [6.07, 6.45) is 3.79. The van der Waals surface area contributed by atoms with E-state index in [0.29, 0.717) is 11.5 Å². The third-order valence-electron chi connectivity index (χ3n) is 2.64. The molecule has 0 radical (unpaired) electrons. The first kappa shape index (κ1) is 12.5. The van der Waals surface area contributed by atoms with E-state index in [2.05, 4.69) is 36.2 Å². The van der Waals surface area contributed by atoms with E-state index in [-0.39, 0.29) is 0 Å². The molecule has 1 aliphatic heterocycles. The van der Waals surface area contributed by atoms with Gasteiger partial charge < -0.3 is 5.32 Å². The van der Waals surface area contributed by atoms with E-state index < -0.39 is 0 Å². The van der Waals surface area contributed by atoms with Gasteiger partial charge >= 0.3 is 0 Å². The van der Waals surface area contributed by atoms with E-state index in [0.717, 1.165) is 24.0 Å². The monoisotopic (exact) mass is 252 g/mol. The maximum atomic E-state index is 4.59. The first-order chi connectivity index (χ1) is 8.05. The minimum absolute atomic E-state index is 0.334. The van der Waals surface area contributed by atoms with E-state index >= 15 is 0 Å². The van der Waals surface area contributed by atoms with Crippen molar-refractivity contribution >= 4 is 16.9 Å². The summed E-state index contributed by atoms with van der Waals surface area (Å²) in [5.41, 5.74) is 0.334. The van der Waals surface area contributed by atoms with Crippen molar-refractivity contribution in [3.8, 4) is 0 Å². The number of nitrogens with one attached hydrogen (secondary N) is 1. The highest BCUT2D eigenvalue weighted by molar-refractivity contribution is 8.13. The number of amidine groups is 1. The second kappa shape index (κ2) is 5.12. The van der Waals surface area contributed by atoms with Gasteiger partial charge in [-0.2, -0.15) is 5.10 Å². The Hall–Kier alpha value is -0.970. The summed E-state index contributed by atoms with van der Waals surface area (Å²) in [6.45, 7) is 8.46. The summed E-state index contributed by atoms with van der Waals surface area (Å²) in [5, 5.41) is 8.72. The van der Waals surface area contributed by atoms with Crippen molar-refractivity contribution < 1.29 is 0 Å². The topological polar surface area (TPSA) is 42.2 Å². The maximum absolute atomic E-state index is 4.59. The zero-order valence-electron chi connectivity index (χ0n) is 10.7. The van der Waals surface area contributed by atoms with Crippen LogP contribution in [0.3, 0.4) is 0 Å². The minimum atomic E-state index is 0.334. The molecule has 0 fully saturated rings. The highest BCUT2D eigenvalue weighted by atomic mass is 32.2. The fourth-order valence-electron chi connectivity index (χ4n) is 1.67. The highest BCUT2D eigenvalue weighted by Crippen LogP contribution is 2.27. The molecule has 4 nitrogen and oxygen atoms in total. The number of aromatic nitrogens is 2. The minimum Gasteiger partial charge on any atom is -0.361 e. The van der Waals surface area contributed by atoms with Crippen molar-refractivity contribution in [2.45, 2.75) is 33.4 Å². The van der Waals surface area contributed by atoms with Gasteiger partial charge in [-0.25, -0.2) is 0 Å². The van der Waals surface area contributed by atoms with Crippen molar-refractivity contribution in [1.82, 2.24) is 15.1 Å². The van der Waals surface area contributed by atoms with Crippen LogP contribution in [0.4, 0.5) is 0 Å². The Labute approximate surface area is 107 Å². The number of thioether (sulfide) groups is 1. The first-order valence-electron chi connectivity index (χ1n) is 5.96. The zero-order valence-corrected chi connectivity index (χ0v) is 11.5. The Balaban J connectivity index is 1.83. The number of nitrogens with zero attached hydrogens (tertiary/aromatic N) is 3. The molecule has 1 aromatic rings. The molecule has 0 saturated heterocycles. The second-order valence-corrected chi connectivity index (χ2v) is 6.31. The Kier molecular flexibility index (Phi) is 3.76. The first-order valence-corrected chi connectivity index (χ1v) is 6.95. The number of hydrogen-bond acceptors (Lipinski definition) is 4. The molecule has 2 heterocycles. The average molecular weight is 252 g/mol. The van der Waals surface area contributed by atoms with Gasteiger partial charge in [-0.3, -0.25) is 9.67 Å². The average Bonchev–Trinajstić information content (AvgIpc) is 2.74. The van der Waals surface area contributed by atoms with Gasteiger partial charge in [-0.15, -0.1) is 0 Å². The van der Waals surface area contributed by atoms with Gasteiger partial charge in [0.25, 0.3) is 0 Å². The summed E-state index contributed by atoms with van der Waals surface area (Å²) in [5.74, 6) is 1.13. The molecular formula is C12H20N4S. The Morgan fingerprint density at radius 1 is 1.59 bits per heavy atom. The van der Waals surface area contributed by atoms with Crippen molar-refractivity contribution in [1.29, 1.82) is 0 Å². The molecule has 1 unspecified atom stereocenters. The zero-order chi connectivity index (χ0) is 12.3. The Morgan fingerprint density at radius 3 is 3.00 bits per heavy atom. The molecule has 1 aromatic heterocycles. The lowest BCUT2D eigenvalue weighted by Gasteiger charge is -2.28. The number of rotatable bonds is 3. The van der Waals surface area contributed by atoms with E-state index in [9.17, 15) is 0 Å². The van der Waals surface area contributed by atoms with E-state index in [4.69, 9.17) is 0 Å². The molecule has 0 aromatic carbocycles. The van der Waals surface area contributed by atoms with Crippen molar-refractivity contribution in [3.63, 3.8) is 0 Å². The van der Waals surface area contributed by atoms with Crippen LogP contribution in [-0.4, -0.2) is 33.3 Å². The van der Waals surface area contributed by atoms with Crippen LogP contribution in [0.5, 0.6) is 0 Å². The molecule has 94 valence electrons. The molecule has 1 atom stereocenters. The molecule has 0 spiro atoms. The molecule has 0 aliphatic carbocycles. The van der Waals surface area contributed by atoms with Crippen molar-refractivity contribution in [2.75, 3.05) is 12.3 Å². The Morgan fingerprint density at radius 2 is 2.41 bits per heavy atom. The lowest BCUT2D eigenvalue weighted by atomic mass is 9.97.